The molecule has 2 atom stereocenters. The van der Waals surface area contributed by atoms with Crippen molar-refractivity contribution in [2.24, 2.45) is 0 Å². The number of para-hydroxylation sites is 2. The van der Waals surface area contributed by atoms with Crippen molar-refractivity contribution in [3.05, 3.63) is 24.3 Å². The number of hydrogen-bond acceptors (Lipinski definition) is 5. The number of ether oxygens (including phenoxy) is 1. The molecule has 2 unspecified atom stereocenters. The molecule has 1 fully saturated rings. The molecule has 0 aliphatic carbocycles. The Bertz CT molecular complexity index is 515. The predicted octanol–water partition coefficient (Wildman–Crippen LogP) is 0.655. The average Bonchev–Trinajstić information content (AvgIpc) is 2.55. The molecule has 5 nitrogen and oxygen atoms in total. The molecular formula is C12H17NO4S. The van der Waals surface area contributed by atoms with Gasteiger partial charge in [0.1, 0.15) is 5.75 Å². The van der Waals surface area contributed by atoms with Crippen molar-refractivity contribution >= 4 is 15.5 Å². The number of hydrogen-bond donors (Lipinski definition) is 2. The summed E-state index contributed by atoms with van der Waals surface area (Å²) in [7, 11) is -3.14. The van der Waals surface area contributed by atoms with Crippen molar-refractivity contribution in [1.82, 2.24) is 0 Å². The van der Waals surface area contributed by atoms with E-state index < -0.39 is 22.0 Å². The van der Waals surface area contributed by atoms with Gasteiger partial charge in [-0.2, -0.15) is 0 Å². The minimum atomic E-state index is -3.14. The molecule has 0 amide bonds. The molecule has 0 bridgehead atoms. The highest BCUT2D eigenvalue weighted by atomic mass is 32.2. The van der Waals surface area contributed by atoms with Crippen molar-refractivity contribution in [2.45, 2.75) is 19.1 Å². The summed E-state index contributed by atoms with van der Waals surface area (Å²) in [6.45, 7) is 2.41. The Kier molecular flexibility index (Phi) is 3.77. The zero-order chi connectivity index (χ0) is 13.2. The Hall–Kier alpha value is -1.27. The Morgan fingerprint density at radius 3 is 2.72 bits per heavy atom. The molecule has 1 saturated heterocycles. The van der Waals surface area contributed by atoms with E-state index in [2.05, 4.69) is 5.32 Å². The lowest BCUT2D eigenvalue weighted by atomic mass is 10.2. The Morgan fingerprint density at radius 1 is 1.39 bits per heavy atom. The topological polar surface area (TPSA) is 75.6 Å². The highest BCUT2D eigenvalue weighted by Crippen LogP contribution is 2.26. The average molecular weight is 271 g/mol. The Morgan fingerprint density at radius 2 is 2.11 bits per heavy atom. The smallest absolute Gasteiger partial charge is 0.155 e. The zero-order valence-electron chi connectivity index (χ0n) is 10.2. The van der Waals surface area contributed by atoms with Crippen molar-refractivity contribution in [3.8, 4) is 5.75 Å². The van der Waals surface area contributed by atoms with Gasteiger partial charge in [-0.15, -0.1) is 0 Å². The molecule has 1 aromatic rings. The number of aliphatic hydroxyl groups is 1. The van der Waals surface area contributed by atoms with Gasteiger partial charge in [0.05, 0.1) is 35.9 Å². The van der Waals surface area contributed by atoms with Gasteiger partial charge in [-0.1, -0.05) is 12.1 Å². The van der Waals surface area contributed by atoms with Crippen LogP contribution >= 0.6 is 0 Å². The van der Waals surface area contributed by atoms with Crippen LogP contribution in [0.4, 0.5) is 5.69 Å². The first-order valence-corrected chi connectivity index (χ1v) is 7.71. The molecule has 1 aliphatic rings. The van der Waals surface area contributed by atoms with E-state index in [0.717, 1.165) is 0 Å². The zero-order valence-corrected chi connectivity index (χ0v) is 11.0. The maximum absolute atomic E-state index is 11.4. The number of aliphatic hydroxyl groups excluding tert-OH is 1. The first-order valence-electron chi connectivity index (χ1n) is 5.88. The highest BCUT2D eigenvalue weighted by Gasteiger charge is 2.36. The Labute approximate surface area is 107 Å². The lowest BCUT2D eigenvalue weighted by Crippen LogP contribution is -2.32. The van der Waals surface area contributed by atoms with Gasteiger partial charge in [0.2, 0.25) is 0 Å². The van der Waals surface area contributed by atoms with E-state index in [9.17, 15) is 13.5 Å². The van der Waals surface area contributed by atoms with Crippen LogP contribution in [0.15, 0.2) is 24.3 Å². The molecule has 2 rings (SSSR count). The van der Waals surface area contributed by atoms with E-state index >= 15 is 0 Å². The molecule has 18 heavy (non-hydrogen) atoms. The first kappa shape index (κ1) is 13.2. The summed E-state index contributed by atoms with van der Waals surface area (Å²) in [5.41, 5.74) is 0.709. The van der Waals surface area contributed by atoms with Gasteiger partial charge in [-0.3, -0.25) is 0 Å². The third-order valence-electron chi connectivity index (χ3n) is 2.85. The molecule has 100 valence electrons. The lowest BCUT2D eigenvalue weighted by molar-refractivity contribution is 0.190. The van der Waals surface area contributed by atoms with Crippen LogP contribution in [-0.2, 0) is 9.84 Å². The standard InChI is InChI=1S/C12H17NO4S/c1-2-17-12-6-4-3-5-9(12)13-10-7-18(15,16)8-11(10)14/h3-6,10-11,13-14H,2,7-8H2,1H3. The summed E-state index contributed by atoms with van der Waals surface area (Å²) in [6, 6.07) is 6.82. The normalized spacial score (nSPS) is 25.9. The van der Waals surface area contributed by atoms with E-state index in [4.69, 9.17) is 4.74 Å². The molecule has 0 radical (unpaired) electrons. The number of nitrogens with one attached hydrogen (secondary N) is 1. The van der Waals surface area contributed by atoms with Gasteiger partial charge < -0.3 is 15.2 Å². The van der Waals surface area contributed by atoms with Crippen LogP contribution in [0.25, 0.3) is 0 Å². The molecule has 0 saturated carbocycles. The lowest BCUT2D eigenvalue weighted by Gasteiger charge is -2.18. The third kappa shape index (κ3) is 2.94. The second-order valence-electron chi connectivity index (χ2n) is 4.32. The van der Waals surface area contributed by atoms with Gasteiger partial charge in [0.25, 0.3) is 0 Å². The fourth-order valence-electron chi connectivity index (χ4n) is 2.03. The molecule has 1 aromatic carbocycles. The van der Waals surface area contributed by atoms with Gasteiger partial charge in [0.15, 0.2) is 9.84 Å². The molecule has 1 aliphatic heterocycles. The van der Waals surface area contributed by atoms with Gasteiger partial charge >= 0.3 is 0 Å². The van der Waals surface area contributed by atoms with E-state index in [-0.39, 0.29) is 11.5 Å². The third-order valence-corrected chi connectivity index (χ3v) is 4.57. The number of sulfone groups is 1. The second kappa shape index (κ2) is 5.16. The van der Waals surface area contributed by atoms with Crippen LogP contribution in [-0.4, -0.2) is 43.8 Å². The largest absolute Gasteiger partial charge is 0.492 e. The number of benzene rings is 1. The van der Waals surface area contributed by atoms with Gasteiger partial charge in [0, 0.05) is 0 Å². The van der Waals surface area contributed by atoms with E-state index in [1.54, 1.807) is 0 Å². The quantitative estimate of drug-likeness (QED) is 0.841. The van der Waals surface area contributed by atoms with Crippen molar-refractivity contribution in [1.29, 1.82) is 0 Å². The molecule has 0 spiro atoms. The molecule has 0 aromatic heterocycles. The summed E-state index contributed by atoms with van der Waals surface area (Å²) in [5.74, 6) is 0.437. The second-order valence-corrected chi connectivity index (χ2v) is 6.48. The number of anilines is 1. The van der Waals surface area contributed by atoms with Crippen LogP contribution < -0.4 is 10.1 Å². The first-order chi connectivity index (χ1) is 8.52. The van der Waals surface area contributed by atoms with Crippen LogP contribution in [0.5, 0.6) is 5.75 Å². The molecule has 1 heterocycles. The summed E-state index contributed by atoms with van der Waals surface area (Å²) < 4.78 is 28.3. The monoisotopic (exact) mass is 271 g/mol. The molecule has 6 heteroatoms. The van der Waals surface area contributed by atoms with E-state index in [1.807, 2.05) is 31.2 Å². The fraction of sp³-hybridized carbons (Fsp3) is 0.500. The maximum Gasteiger partial charge on any atom is 0.155 e. The summed E-state index contributed by atoms with van der Waals surface area (Å²) in [4.78, 5) is 0. The van der Waals surface area contributed by atoms with E-state index in [1.165, 1.54) is 0 Å². The van der Waals surface area contributed by atoms with Crippen LogP contribution in [0.3, 0.4) is 0 Å². The van der Waals surface area contributed by atoms with Crippen LogP contribution in [0, 0.1) is 0 Å². The van der Waals surface area contributed by atoms with Gasteiger partial charge in [-0.25, -0.2) is 8.42 Å². The van der Waals surface area contributed by atoms with Crippen LogP contribution in [0.1, 0.15) is 6.92 Å². The summed E-state index contributed by atoms with van der Waals surface area (Å²) in [5, 5.41) is 12.8. The molecule has 2 N–H and O–H groups in total. The maximum atomic E-state index is 11.4. The minimum Gasteiger partial charge on any atom is -0.492 e. The Balaban J connectivity index is 2.15. The van der Waals surface area contributed by atoms with Gasteiger partial charge in [-0.05, 0) is 19.1 Å². The van der Waals surface area contributed by atoms with Crippen LogP contribution in [0.2, 0.25) is 0 Å². The van der Waals surface area contributed by atoms with Crippen molar-refractivity contribution in [2.75, 3.05) is 23.4 Å². The SMILES string of the molecule is CCOc1ccccc1NC1CS(=O)(=O)CC1O. The summed E-state index contributed by atoms with van der Waals surface area (Å²) >= 11 is 0. The fourth-order valence-corrected chi connectivity index (χ4v) is 3.78. The van der Waals surface area contributed by atoms with Crippen molar-refractivity contribution in [3.63, 3.8) is 0 Å². The minimum absolute atomic E-state index is 0.0470. The predicted molar refractivity (Wildman–Crippen MR) is 69.7 cm³/mol. The summed E-state index contributed by atoms with van der Waals surface area (Å²) in [6.07, 6.45) is -0.871. The number of rotatable bonds is 4. The van der Waals surface area contributed by atoms with E-state index in [0.29, 0.717) is 18.0 Å². The highest BCUT2D eigenvalue weighted by molar-refractivity contribution is 7.91. The molecular weight excluding hydrogens is 254 g/mol. The van der Waals surface area contributed by atoms with Crippen molar-refractivity contribution < 1.29 is 18.3 Å².